The highest BCUT2D eigenvalue weighted by molar-refractivity contribution is 6.46. The fourth-order valence-corrected chi connectivity index (χ4v) is 3.99. The van der Waals surface area contributed by atoms with Crippen LogP contribution >= 0.6 is 0 Å². The van der Waals surface area contributed by atoms with Gasteiger partial charge >= 0.3 is 0 Å². The Morgan fingerprint density at radius 1 is 1.20 bits per heavy atom. The van der Waals surface area contributed by atoms with Crippen LogP contribution in [0.1, 0.15) is 28.5 Å². The number of aliphatic hydroxyl groups is 1. The Morgan fingerprint density at radius 3 is 2.87 bits per heavy atom. The minimum Gasteiger partial charge on any atom is -0.507 e. The number of amides is 1. The van der Waals surface area contributed by atoms with Gasteiger partial charge in [0.05, 0.1) is 31.0 Å². The van der Waals surface area contributed by atoms with E-state index in [9.17, 15) is 14.7 Å². The zero-order valence-electron chi connectivity index (χ0n) is 15.9. The number of ether oxygens (including phenoxy) is 1. The van der Waals surface area contributed by atoms with Crippen LogP contribution in [0.2, 0.25) is 0 Å². The maximum atomic E-state index is 13.0. The second kappa shape index (κ2) is 7.18. The molecule has 1 N–H and O–H groups in total. The lowest BCUT2D eigenvalue weighted by Gasteiger charge is -2.24. The molecule has 0 saturated carbocycles. The van der Waals surface area contributed by atoms with Gasteiger partial charge in [-0.1, -0.05) is 6.07 Å². The van der Waals surface area contributed by atoms with Gasteiger partial charge in [-0.05, 0) is 47.5 Å². The van der Waals surface area contributed by atoms with Gasteiger partial charge < -0.3 is 19.2 Å². The van der Waals surface area contributed by atoms with Gasteiger partial charge in [0.2, 0.25) is 0 Å². The predicted molar refractivity (Wildman–Crippen MR) is 106 cm³/mol. The summed E-state index contributed by atoms with van der Waals surface area (Å²) in [5, 5.41) is 11.1. The molecule has 7 nitrogen and oxygen atoms in total. The number of nitrogens with zero attached hydrogens (tertiary/aromatic N) is 2. The molecule has 1 saturated heterocycles. The molecule has 3 aromatic rings. The third-order valence-electron chi connectivity index (χ3n) is 5.41. The molecule has 30 heavy (non-hydrogen) atoms. The number of carbonyl (C=O) groups excluding carboxylic acids is 2. The molecule has 2 aliphatic rings. The van der Waals surface area contributed by atoms with E-state index in [0.29, 0.717) is 23.5 Å². The van der Waals surface area contributed by atoms with Crippen molar-refractivity contribution < 1.29 is 23.8 Å². The Kier molecular flexibility index (Phi) is 4.35. The van der Waals surface area contributed by atoms with Crippen LogP contribution in [0, 0.1) is 0 Å². The Labute approximate surface area is 172 Å². The molecule has 5 rings (SSSR count). The molecule has 1 fully saturated rings. The summed E-state index contributed by atoms with van der Waals surface area (Å²) in [6, 6.07) is 11.5. The normalized spacial score (nSPS) is 19.7. The number of furan rings is 1. The van der Waals surface area contributed by atoms with Gasteiger partial charge in [-0.15, -0.1) is 0 Å². The minimum absolute atomic E-state index is 0.0402. The van der Waals surface area contributed by atoms with E-state index >= 15 is 0 Å². The van der Waals surface area contributed by atoms with Crippen molar-refractivity contribution in [2.24, 2.45) is 0 Å². The van der Waals surface area contributed by atoms with Crippen LogP contribution in [0.15, 0.2) is 71.1 Å². The number of ketones is 1. The highest BCUT2D eigenvalue weighted by Gasteiger charge is 2.46. The fourth-order valence-electron chi connectivity index (χ4n) is 3.99. The van der Waals surface area contributed by atoms with Gasteiger partial charge in [-0.25, -0.2) is 0 Å². The second-order valence-electron chi connectivity index (χ2n) is 7.21. The highest BCUT2D eigenvalue weighted by Crippen LogP contribution is 2.40. The molecule has 0 radical (unpaired) electrons. The molecule has 0 aliphatic carbocycles. The predicted octanol–water partition coefficient (Wildman–Crippen LogP) is 3.23. The van der Waals surface area contributed by atoms with Crippen molar-refractivity contribution in [3.05, 3.63) is 89.1 Å². The third-order valence-corrected chi connectivity index (χ3v) is 5.41. The summed E-state index contributed by atoms with van der Waals surface area (Å²) in [6.07, 6.45) is 5.45. The zero-order chi connectivity index (χ0) is 20.7. The second-order valence-corrected chi connectivity index (χ2v) is 7.21. The van der Waals surface area contributed by atoms with Crippen molar-refractivity contribution in [3.8, 4) is 5.75 Å². The van der Waals surface area contributed by atoms with Crippen LogP contribution in [0.5, 0.6) is 5.75 Å². The SMILES string of the molecule is O=C1C(=O)N(Cc2ccco2)C(c2cccnc2)/C1=C(/O)c1ccc2c(c1)CCO2. The van der Waals surface area contributed by atoms with E-state index in [1.807, 2.05) is 0 Å². The maximum Gasteiger partial charge on any atom is 0.296 e. The largest absolute Gasteiger partial charge is 0.507 e. The zero-order valence-corrected chi connectivity index (χ0v) is 15.9. The van der Waals surface area contributed by atoms with Crippen molar-refractivity contribution in [3.63, 3.8) is 0 Å². The molecule has 2 aliphatic heterocycles. The summed E-state index contributed by atoms with van der Waals surface area (Å²) < 4.78 is 10.9. The molecule has 2 aromatic heterocycles. The van der Waals surface area contributed by atoms with Crippen molar-refractivity contribution in [2.45, 2.75) is 19.0 Å². The Hall–Kier alpha value is -3.87. The van der Waals surface area contributed by atoms with Crippen LogP contribution in [0.25, 0.3) is 5.76 Å². The first kappa shape index (κ1) is 18.2. The number of aromatic nitrogens is 1. The number of aliphatic hydroxyl groups excluding tert-OH is 1. The number of pyridine rings is 1. The molecule has 0 bridgehead atoms. The van der Waals surface area contributed by atoms with Crippen LogP contribution in [-0.4, -0.2) is 33.3 Å². The maximum absolute atomic E-state index is 13.0. The number of hydrogen-bond acceptors (Lipinski definition) is 6. The number of rotatable bonds is 4. The van der Waals surface area contributed by atoms with E-state index < -0.39 is 17.7 Å². The standard InChI is InChI=1S/C23H18N2O5/c26-21(15-5-6-18-14(11-15)7-10-30-18)19-20(16-3-1-8-24-12-16)25(23(28)22(19)27)13-17-4-2-9-29-17/h1-6,8-9,11-12,20,26H,7,10,13H2/b21-19-. The van der Waals surface area contributed by atoms with E-state index in [-0.39, 0.29) is 17.9 Å². The smallest absolute Gasteiger partial charge is 0.296 e. The first-order chi connectivity index (χ1) is 14.6. The first-order valence-corrected chi connectivity index (χ1v) is 9.60. The Balaban J connectivity index is 1.64. The molecule has 1 atom stereocenters. The summed E-state index contributed by atoms with van der Waals surface area (Å²) in [6.45, 7) is 0.689. The van der Waals surface area contributed by atoms with Gasteiger partial charge in [0.25, 0.3) is 11.7 Å². The van der Waals surface area contributed by atoms with E-state index in [2.05, 4.69) is 4.98 Å². The number of likely N-dealkylation sites (tertiary alicyclic amines) is 1. The van der Waals surface area contributed by atoms with Crippen molar-refractivity contribution >= 4 is 17.4 Å². The monoisotopic (exact) mass is 402 g/mol. The van der Waals surface area contributed by atoms with Crippen LogP contribution in [0.4, 0.5) is 0 Å². The van der Waals surface area contributed by atoms with Crippen molar-refractivity contribution in [1.82, 2.24) is 9.88 Å². The summed E-state index contributed by atoms with van der Waals surface area (Å²) >= 11 is 0. The number of Topliss-reactive ketones (excluding diaryl/α,β-unsaturated/α-hetero) is 1. The lowest BCUT2D eigenvalue weighted by molar-refractivity contribution is -0.140. The topological polar surface area (TPSA) is 92.9 Å². The molecule has 4 heterocycles. The van der Waals surface area contributed by atoms with E-state index in [1.165, 1.54) is 11.2 Å². The van der Waals surface area contributed by atoms with Crippen LogP contribution < -0.4 is 4.74 Å². The summed E-state index contributed by atoms with van der Waals surface area (Å²) in [5.74, 6) is -0.316. The van der Waals surface area contributed by atoms with Crippen LogP contribution in [-0.2, 0) is 22.6 Å². The van der Waals surface area contributed by atoms with E-state index in [1.54, 1.807) is 54.9 Å². The molecule has 1 unspecified atom stereocenters. The molecule has 7 heteroatoms. The van der Waals surface area contributed by atoms with Gasteiger partial charge in [0.1, 0.15) is 17.3 Å². The quantitative estimate of drug-likeness (QED) is 0.409. The van der Waals surface area contributed by atoms with Crippen molar-refractivity contribution in [1.29, 1.82) is 0 Å². The number of fused-ring (bicyclic) bond motifs is 1. The third kappa shape index (κ3) is 2.95. The molecule has 150 valence electrons. The average Bonchev–Trinajstić information content (AvgIpc) is 3.50. The Bertz CT molecular complexity index is 1150. The molecular formula is C23H18N2O5. The fraction of sp³-hybridized carbons (Fsp3) is 0.174. The lowest BCUT2D eigenvalue weighted by Crippen LogP contribution is -2.29. The van der Waals surface area contributed by atoms with Gasteiger partial charge in [-0.2, -0.15) is 0 Å². The average molecular weight is 402 g/mol. The van der Waals surface area contributed by atoms with Gasteiger partial charge in [0, 0.05) is 24.4 Å². The highest BCUT2D eigenvalue weighted by atomic mass is 16.5. The lowest BCUT2D eigenvalue weighted by atomic mass is 9.95. The number of hydrogen-bond donors (Lipinski definition) is 1. The summed E-state index contributed by atoms with van der Waals surface area (Å²) in [5.41, 5.74) is 2.11. The number of benzene rings is 1. The molecular weight excluding hydrogens is 384 g/mol. The molecule has 0 spiro atoms. The van der Waals surface area contributed by atoms with Crippen molar-refractivity contribution in [2.75, 3.05) is 6.61 Å². The first-order valence-electron chi connectivity index (χ1n) is 9.60. The van der Waals surface area contributed by atoms with E-state index in [0.717, 1.165) is 17.7 Å². The molecule has 1 aromatic carbocycles. The summed E-state index contributed by atoms with van der Waals surface area (Å²) in [7, 11) is 0. The summed E-state index contributed by atoms with van der Waals surface area (Å²) in [4.78, 5) is 31.4. The van der Waals surface area contributed by atoms with E-state index in [4.69, 9.17) is 9.15 Å². The molecule has 1 amide bonds. The number of carbonyl (C=O) groups is 2. The van der Waals surface area contributed by atoms with Gasteiger partial charge in [-0.3, -0.25) is 14.6 Å². The van der Waals surface area contributed by atoms with Crippen LogP contribution in [0.3, 0.4) is 0 Å². The Morgan fingerprint density at radius 2 is 2.10 bits per heavy atom. The van der Waals surface area contributed by atoms with Gasteiger partial charge in [0.15, 0.2) is 0 Å². The minimum atomic E-state index is -0.770.